The highest BCUT2D eigenvalue weighted by Crippen LogP contribution is 2.19. The van der Waals surface area contributed by atoms with E-state index in [9.17, 15) is 4.79 Å². The van der Waals surface area contributed by atoms with Crippen LogP contribution in [0, 0.1) is 12.8 Å². The smallest absolute Gasteiger partial charge is 0.244 e. The number of aromatic nitrogens is 6. The molecule has 2 aromatic rings. The van der Waals surface area contributed by atoms with E-state index in [2.05, 4.69) is 25.1 Å². The van der Waals surface area contributed by atoms with Crippen molar-refractivity contribution in [2.24, 2.45) is 5.92 Å². The summed E-state index contributed by atoms with van der Waals surface area (Å²) in [7, 11) is 0. The van der Waals surface area contributed by atoms with Crippen molar-refractivity contribution in [3.8, 4) is 0 Å². The van der Waals surface area contributed by atoms with E-state index in [-0.39, 0.29) is 12.5 Å². The standard InChI is InChI=1S/C13H19N7O/c1-11-14-4-6-18(11)7-12-3-2-5-19(8-12)13(21)9-20-10-15-16-17-20/h4,6,10,12H,2-3,5,7-9H2,1H3/t12-/m0/s1. The zero-order valence-electron chi connectivity index (χ0n) is 12.1. The van der Waals surface area contributed by atoms with E-state index >= 15 is 0 Å². The van der Waals surface area contributed by atoms with Crippen LogP contribution in [0.4, 0.5) is 0 Å². The number of imidazole rings is 1. The van der Waals surface area contributed by atoms with Crippen molar-refractivity contribution in [2.45, 2.75) is 32.9 Å². The fraction of sp³-hybridized carbons (Fsp3) is 0.615. The Morgan fingerprint density at radius 3 is 3.10 bits per heavy atom. The molecule has 0 saturated carbocycles. The van der Waals surface area contributed by atoms with Gasteiger partial charge in [0.1, 0.15) is 18.7 Å². The van der Waals surface area contributed by atoms with Gasteiger partial charge in [0.2, 0.25) is 5.91 Å². The van der Waals surface area contributed by atoms with Gasteiger partial charge in [0.05, 0.1) is 0 Å². The van der Waals surface area contributed by atoms with E-state index in [1.165, 1.54) is 11.0 Å². The van der Waals surface area contributed by atoms with Gasteiger partial charge >= 0.3 is 0 Å². The van der Waals surface area contributed by atoms with Gasteiger partial charge in [0, 0.05) is 32.0 Å². The molecule has 0 aromatic carbocycles. The van der Waals surface area contributed by atoms with Crippen molar-refractivity contribution in [2.75, 3.05) is 13.1 Å². The number of likely N-dealkylation sites (tertiary alicyclic amines) is 1. The Balaban J connectivity index is 1.57. The molecule has 1 fully saturated rings. The molecule has 3 heterocycles. The van der Waals surface area contributed by atoms with Crippen LogP contribution in [0.1, 0.15) is 18.7 Å². The zero-order chi connectivity index (χ0) is 14.7. The Bertz CT molecular complexity index is 591. The van der Waals surface area contributed by atoms with E-state index in [1.54, 1.807) is 0 Å². The van der Waals surface area contributed by atoms with Gasteiger partial charge in [-0.25, -0.2) is 9.67 Å². The zero-order valence-corrected chi connectivity index (χ0v) is 12.1. The largest absolute Gasteiger partial charge is 0.341 e. The first-order chi connectivity index (χ1) is 10.2. The summed E-state index contributed by atoms with van der Waals surface area (Å²) in [6.07, 6.45) is 7.47. The van der Waals surface area contributed by atoms with Crippen LogP contribution in [-0.4, -0.2) is 53.7 Å². The summed E-state index contributed by atoms with van der Waals surface area (Å²) in [5.41, 5.74) is 0. The number of hydrogen-bond acceptors (Lipinski definition) is 5. The Hall–Kier alpha value is -2.25. The normalized spacial score (nSPS) is 18.9. The maximum absolute atomic E-state index is 12.3. The second-order valence-electron chi connectivity index (χ2n) is 5.48. The number of carbonyl (C=O) groups is 1. The predicted octanol–water partition coefficient (Wildman–Crippen LogP) is 0.117. The van der Waals surface area contributed by atoms with Crippen molar-refractivity contribution in [3.05, 3.63) is 24.5 Å². The summed E-state index contributed by atoms with van der Waals surface area (Å²) in [5.74, 6) is 1.57. The van der Waals surface area contributed by atoms with Crippen LogP contribution in [0.5, 0.6) is 0 Å². The molecule has 8 nitrogen and oxygen atoms in total. The van der Waals surface area contributed by atoms with E-state index in [0.29, 0.717) is 5.92 Å². The lowest BCUT2D eigenvalue weighted by molar-refractivity contribution is -0.134. The van der Waals surface area contributed by atoms with Crippen LogP contribution >= 0.6 is 0 Å². The summed E-state index contributed by atoms with van der Waals surface area (Å²) in [6, 6.07) is 0. The third kappa shape index (κ3) is 3.26. The maximum atomic E-state index is 12.3. The van der Waals surface area contributed by atoms with E-state index in [4.69, 9.17) is 0 Å². The van der Waals surface area contributed by atoms with Crippen LogP contribution < -0.4 is 0 Å². The summed E-state index contributed by atoms with van der Waals surface area (Å²) in [6.45, 7) is 4.74. The van der Waals surface area contributed by atoms with Crippen molar-refractivity contribution in [1.82, 2.24) is 34.7 Å². The van der Waals surface area contributed by atoms with Crippen LogP contribution in [0.2, 0.25) is 0 Å². The highest BCUT2D eigenvalue weighted by Gasteiger charge is 2.24. The van der Waals surface area contributed by atoms with Crippen molar-refractivity contribution < 1.29 is 4.79 Å². The average Bonchev–Trinajstić information content (AvgIpc) is 3.12. The molecule has 0 aliphatic carbocycles. The van der Waals surface area contributed by atoms with Gasteiger partial charge in [0.15, 0.2) is 0 Å². The fourth-order valence-electron chi connectivity index (χ4n) is 2.81. The fourth-order valence-corrected chi connectivity index (χ4v) is 2.81. The topological polar surface area (TPSA) is 81.7 Å². The molecule has 0 radical (unpaired) electrons. The SMILES string of the molecule is Cc1nccn1C[C@@H]1CCCN(C(=O)Cn2cnnn2)C1. The molecular weight excluding hydrogens is 270 g/mol. The van der Waals surface area contributed by atoms with Crippen LogP contribution in [0.25, 0.3) is 0 Å². The molecule has 0 spiro atoms. The number of piperidine rings is 1. The third-order valence-corrected chi connectivity index (χ3v) is 3.94. The number of hydrogen-bond donors (Lipinski definition) is 0. The second-order valence-corrected chi connectivity index (χ2v) is 5.48. The van der Waals surface area contributed by atoms with Gasteiger partial charge in [-0.1, -0.05) is 0 Å². The van der Waals surface area contributed by atoms with Gasteiger partial charge in [0.25, 0.3) is 0 Å². The molecular formula is C13H19N7O. The van der Waals surface area contributed by atoms with Gasteiger partial charge in [-0.2, -0.15) is 0 Å². The summed E-state index contributed by atoms with van der Waals surface area (Å²) in [5, 5.41) is 10.8. The van der Waals surface area contributed by atoms with E-state index in [0.717, 1.165) is 38.3 Å². The van der Waals surface area contributed by atoms with Crippen molar-refractivity contribution in [3.63, 3.8) is 0 Å². The number of tetrazole rings is 1. The maximum Gasteiger partial charge on any atom is 0.244 e. The Morgan fingerprint density at radius 1 is 1.48 bits per heavy atom. The van der Waals surface area contributed by atoms with Crippen LogP contribution in [0.15, 0.2) is 18.7 Å². The lowest BCUT2D eigenvalue weighted by atomic mass is 9.98. The molecule has 0 N–H and O–H groups in total. The van der Waals surface area contributed by atoms with Gasteiger partial charge in [-0.15, -0.1) is 5.10 Å². The molecule has 2 aromatic heterocycles. The molecule has 1 saturated heterocycles. The van der Waals surface area contributed by atoms with Crippen LogP contribution in [0.3, 0.4) is 0 Å². The lowest BCUT2D eigenvalue weighted by Gasteiger charge is -2.33. The van der Waals surface area contributed by atoms with Crippen molar-refractivity contribution in [1.29, 1.82) is 0 Å². The molecule has 0 bridgehead atoms. The summed E-state index contributed by atoms with van der Waals surface area (Å²) in [4.78, 5) is 18.4. The van der Waals surface area contributed by atoms with Crippen molar-refractivity contribution >= 4 is 5.91 Å². The number of aryl methyl sites for hydroxylation is 1. The monoisotopic (exact) mass is 289 g/mol. The van der Waals surface area contributed by atoms with E-state index in [1.807, 2.05) is 24.2 Å². The lowest BCUT2D eigenvalue weighted by Crippen LogP contribution is -2.42. The minimum absolute atomic E-state index is 0.0781. The number of rotatable bonds is 4. The first kappa shape index (κ1) is 13.7. The molecule has 21 heavy (non-hydrogen) atoms. The van der Waals surface area contributed by atoms with Gasteiger partial charge < -0.3 is 9.47 Å². The minimum Gasteiger partial charge on any atom is -0.341 e. The average molecular weight is 289 g/mol. The first-order valence-electron chi connectivity index (χ1n) is 7.18. The Morgan fingerprint density at radius 2 is 2.38 bits per heavy atom. The number of nitrogens with zero attached hydrogens (tertiary/aromatic N) is 7. The molecule has 0 unspecified atom stereocenters. The first-order valence-corrected chi connectivity index (χ1v) is 7.18. The molecule has 1 aliphatic rings. The predicted molar refractivity (Wildman–Crippen MR) is 74.1 cm³/mol. The number of amides is 1. The van der Waals surface area contributed by atoms with E-state index < -0.39 is 0 Å². The molecule has 3 rings (SSSR count). The molecule has 1 amide bonds. The molecule has 8 heteroatoms. The highest BCUT2D eigenvalue weighted by atomic mass is 16.2. The summed E-state index contributed by atoms with van der Waals surface area (Å²) >= 11 is 0. The van der Waals surface area contributed by atoms with Gasteiger partial charge in [-0.3, -0.25) is 4.79 Å². The highest BCUT2D eigenvalue weighted by molar-refractivity contribution is 5.75. The molecule has 1 aliphatic heterocycles. The number of carbonyl (C=O) groups excluding carboxylic acids is 1. The summed E-state index contributed by atoms with van der Waals surface area (Å²) < 4.78 is 3.62. The minimum atomic E-state index is 0.0781. The second kappa shape index (κ2) is 6.02. The van der Waals surface area contributed by atoms with Gasteiger partial charge in [-0.05, 0) is 36.1 Å². The van der Waals surface area contributed by atoms with Crippen LogP contribution in [-0.2, 0) is 17.9 Å². The third-order valence-electron chi connectivity index (χ3n) is 3.94. The molecule has 1 atom stereocenters. The molecule has 112 valence electrons. The quantitative estimate of drug-likeness (QED) is 0.798. The Labute approximate surface area is 122 Å². The Kier molecular flexibility index (Phi) is 3.94.